The molecule has 18 heavy (non-hydrogen) atoms. The lowest BCUT2D eigenvalue weighted by Crippen LogP contribution is -2.38. The van der Waals surface area contributed by atoms with E-state index in [0.29, 0.717) is 13.1 Å². The maximum atomic E-state index is 11.1. The fourth-order valence-corrected chi connectivity index (χ4v) is 1.83. The molecule has 1 rings (SSSR count). The molecule has 1 aromatic rings. The van der Waals surface area contributed by atoms with Gasteiger partial charge in [-0.05, 0) is 32.0 Å². The second-order valence-corrected chi connectivity index (χ2v) is 5.19. The number of hydrogen-bond acceptors (Lipinski definition) is 3. The zero-order valence-corrected chi connectivity index (χ0v) is 11.3. The van der Waals surface area contributed by atoms with Crippen LogP contribution >= 0.6 is 0 Å². The Bertz CT molecular complexity index is 416. The summed E-state index contributed by atoms with van der Waals surface area (Å²) in [6, 6.07) is 7.69. The van der Waals surface area contributed by atoms with Crippen LogP contribution in [0, 0.1) is 5.41 Å². The molecule has 0 aliphatic carbocycles. The van der Waals surface area contributed by atoms with E-state index in [1.807, 2.05) is 31.2 Å². The van der Waals surface area contributed by atoms with E-state index in [-0.39, 0.29) is 0 Å². The number of benzene rings is 1. The standard InChI is InChI=1S/C14H22N2O2/c1-4-16(10-14(2,3)13(17)18)9-11-7-5-6-8-12(11)15/h5-8H,4,9-10,15H2,1-3H3,(H,17,18). The summed E-state index contributed by atoms with van der Waals surface area (Å²) in [7, 11) is 0. The van der Waals surface area contributed by atoms with E-state index >= 15 is 0 Å². The highest BCUT2D eigenvalue weighted by Crippen LogP contribution is 2.20. The second-order valence-electron chi connectivity index (χ2n) is 5.19. The zero-order valence-electron chi connectivity index (χ0n) is 11.3. The Hall–Kier alpha value is -1.55. The monoisotopic (exact) mass is 250 g/mol. The van der Waals surface area contributed by atoms with Crippen LogP contribution in [-0.4, -0.2) is 29.1 Å². The third-order valence-corrected chi connectivity index (χ3v) is 3.09. The number of para-hydroxylation sites is 1. The summed E-state index contributed by atoms with van der Waals surface area (Å²) in [6.45, 7) is 7.49. The smallest absolute Gasteiger partial charge is 0.310 e. The average molecular weight is 250 g/mol. The van der Waals surface area contributed by atoms with Gasteiger partial charge in [-0.3, -0.25) is 9.69 Å². The number of hydrogen-bond donors (Lipinski definition) is 2. The third-order valence-electron chi connectivity index (χ3n) is 3.09. The summed E-state index contributed by atoms with van der Waals surface area (Å²) < 4.78 is 0. The van der Waals surface area contributed by atoms with E-state index in [1.165, 1.54) is 0 Å². The summed E-state index contributed by atoms with van der Waals surface area (Å²) in [4.78, 5) is 13.2. The molecular formula is C14H22N2O2. The lowest BCUT2D eigenvalue weighted by Gasteiger charge is -2.29. The molecular weight excluding hydrogens is 228 g/mol. The van der Waals surface area contributed by atoms with Gasteiger partial charge >= 0.3 is 5.97 Å². The molecule has 1 aromatic carbocycles. The average Bonchev–Trinajstić information content (AvgIpc) is 2.30. The van der Waals surface area contributed by atoms with Crippen molar-refractivity contribution in [3.05, 3.63) is 29.8 Å². The van der Waals surface area contributed by atoms with Crippen LogP contribution in [0.1, 0.15) is 26.3 Å². The normalized spacial score (nSPS) is 11.8. The van der Waals surface area contributed by atoms with Crippen LogP contribution in [0.3, 0.4) is 0 Å². The van der Waals surface area contributed by atoms with Gasteiger partial charge in [0.15, 0.2) is 0 Å². The molecule has 4 heteroatoms. The number of carbonyl (C=O) groups is 1. The first-order chi connectivity index (χ1) is 8.36. The Kier molecular flexibility index (Phi) is 4.73. The summed E-state index contributed by atoms with van der Waals surface area (Å²) in [6.07, 6.45) is 0. The van der Waals surface area contributed by atoms with E-state index in [9.17, 15) is 4.79 Å². The van der Waals surface area contributed by atoms with Crippen LogP contribution in [0.5, 0.6) is 0 Å². The molecule has 0 fully saturated rings. The molecule has 0 radical (unpaired) electrons. The van der Waals surface area contributed by atoms with E-state index in [1.54, 1.807) is 13.8 Å². The van der Waals surface area contributed by atoms with E-state index < -0.39 is 11.4 Å². The van der Waals surface area contributed by atoms with Crippen molar-refractivity contribution < 1.29 is 9.90 Å². The predicted molar refractivity (Wildman–Crippen MR) is 73.2 cm³/mol. The maximum Gasteiger partial charge on any atom is 0.310 e. The molecule has 0 spiro atoms. The van der Waals surface area contributed by atoms with Gasteiger partial charge in [-0.25, -0.2) is 0 Å². The van der Waals surface area contributed by atoms with Gasteiger partial charge in [-0.15, -0.1) is 0 Å². The first-order valence-electron chi connectivity index (χ1n) is 6.16. The van der Waals surface area contributed by atoms with Crippen molar-refractivity contribution in [2.75, 3.05) is 18.8 Å². The van der Waals surface area contributed by atoms with E-state index in [4.69, 9.17) is 10.8 Å². The first kappa shape index (κ1) is 14.5. The number of nitrogens with two attached hydrogens (primary N) is 1. The molecule has 3 N–H and O–H groups in total. The molecule has 0 saturated heterocycles. The van der Waals surface area contributed by atoms with Crippen molar-refractivity contribution in [1.82, 2.24) is 4.90 Å². The number of carboxylic acid groups (broad SMARTS) is 1. The van der Waals surface area contributed by atoms with Crippen molar-refractivity contribution in [3.63, 3.8) is 0 Å². The Morgan fingerprint density at radius 1 is 1.39 bits per heavy atom. The third kappa shape index (κ3) is 3.74. The highest BCUT2D eigenvalue weighted by atomic mass is 16.4. The van der Waals surface area contributed by atoms with Gasteiger partial charge in [-0.2, -0.15) is 0 Å². The number of rotatable bonds is 6. The molecule has 0 atom stereocenters. The Balaban J connectivity index is 2.75. The van der Waals surface area contributed by atoms with Crippen molar-refractivity contribution in [1.29, 1.82) is 0 Å². The number of aliphatic carboxylic acids is 1. The Morgan fingerprint density at radius 2 is 2.00 bits per heavy atom. The van der Waals surface area contributed by atoms with Gasteiger partial charge in [0, 0.05) is 18.8 Å². The van der Waals surface area contributed by atoms with Crippen molar-refractivity contribution >= 4 is 11.7 Å². The lowest BCUT2D eigenvalue weighted by atomic mass is 9.93. The highest BCUT2D eigenvalue weighted by molar-refractivity contribution is 5.73. The largest absolute Gasteiger partial charge is 0.481 e. The quantitative estimate of drug-likeness (QED) is 0.760. The van der Waals surface area contributed by atoms with Crippen molar-refractivity contribution in [2.45, 2.75) is 27.3 Å². The highest BCUT2D eigenvalue weighted by Gasteiger charge is 2.29. The van der Waals surface area contributed by atoms with Crippen LogP contribution in [0.4, 0.5) is 5.69 Å². The Labute approximate surface area is 108 Å². The Morgan fingerprint density at radius 3 is 2.50 bits per heavy atom. The fraction of sp³-hybridized carbons (Fsp3) is 0.500. The molecule has 0 amide bonds. The molecule has 0 heterocycles. The SMILES string of the molecule is CCN(Cc1ccccc1N)CC(C)(C)C(=O)O. The first-order valence-corrected chi connectivity index (χ1v) is 6.16. The number of nitrogen functional groups attached to an aromatic ring is 1. The molecule has 4 nitrogen and oxygen atoms in total. The van der Waals surface area contributed by atoms with Crippen LogP contribution in [0.25, 0.3) is 0 Å². The zero-order chi connectivity index (χ0) is 13.8. The van der Waals surface area contributed by atoms with E-state index in [0.717, 1.165) is 17.8 Å². The molecule has 0 saturated carbocycles. The van der Waals surface area contributed by atoms with Gasteiger partial charge in [0.05, 0.1) is 5.41 Å². The lowest BCUT2D eigenvalue weighted by molar-refractivity contribution is -0.148. The summed E-state index contributed by atoms with van der Waals surface area (Å²) in [5.74, 6) is -0.776. The van der Waals surface area contributed by atoms with Gasteiger partial charge in [0.1, 0.15) is 0 Å². The van der Waals surface area contributed by atoms with Crippen molar-refractivity contribution in [2.24, 2.45) is 5.41 Å². The molecule has 0 unspecified atom stereocenters. The minimum atomic E-state index is -0.776. The van der Waals surface area contributed by atoms with Crippen molar-refractivity contribution in [3.8, 4) is 0 Å². The molecule has 0 aromatic heterocycles. The maximum absolute atomic E-state index is 11.1. The van der Waals surface area contributed by atoms with Crippen LogP contribution in [-0.2, 0) is 11.3 Å². The second kappa shape index (κ2) is 5.87. The summed E-state index contributed by atoms with van der Waals surface area (Å²) >= 11 is 0. The van der Waals surface area contributed by atoms with Crippen LogP contribution < -0.4 is 5.73 Å². The molecule has 0 aliphatic rings. The fourth-order valence-electron chi connectivity index (χ4n) is 1.83. The van der Waals surface area contributed by atoms with Gasteiger partial charge in [0.25, 0.3) is 0 Å². The van der Waals surface area contributed by atoms with Gasteiger partial charge in [-0.1, -0.05) is 25.1 Å². The summed E-state index contributed by atoms with van der Waals surface area (Å²) in [5, 5.41) is 9.15. The van der Waals surface area contributed by atoms with Crippen LogP contribution in [0.2, 0.25) is 0 Å². The topological polar surface area (TPSA) is 66.6 Å². The molecule has 100 valence electrons. The minimum Gasteiger partial charge on any atom is -0.481 e. The molecule has 0 aliphatic heterocycles. The van der Waals surface area contributed by atoms with Crippen LogP contribution in [0.15, 0.2) is 24.3 Å². The number of anilines is 1. The number of carboxylic acids is 1. The number of nitrogens with zero attached hydrogens (tertiary/aromatic N) is 1. The predicted octanol–water partition coefficient (Wildman–Crippen LogP) is 2.20. The van der Waals surface area contributed by atoms with Gasteiger partial charge in [0.2, 0.25) is 0 Å². The minimum absolute atomic E-state index is 0.507. The van der Waals surface area contributed by atoms with Gasteiger partial charge < -0.3 is 10.8 Å². The van der Waals surface area contributed by atoms with E-state index in [2.05, 4.69) is 4.90 Å². The summed E-state index contributed by atoms with van der Waals surface area (Å²) in [5.41, 5.74) is 6.95. The molecule has 0 bridgehead atoms.